The quantitative estimate of drug-likeness (QED) is 0.469. The molecule has 0 atom stereocenters. The monoisotopic (exact) mass is 436 g/mol. The van der Waals surface area contributed by atoms with Gasteiger partial charge in [-0.05, 0) is 51.7 Å². The number of pyridine rings is 1. The maximum absolute atomic E-state index is 13.2. The van der Waals surface area contributed by atoms with Crippen LogP contribution in [0.2, 0.25) is 0 Å². The van der Waals surface area contributed by atoms with E-state index in [0.717, 1.165) is 35.2 Å². The van der Waals surface area contributed by atoms with Crippen LogP contribution in [0.1, 0.15) is 49.9 Å². The summed E-state index contributed by atoms with van der Waals surface area (Å²) >= 11 is 0. The number of anilines is 1. The molecule has 0 radical (unpaired) electrons. The molecule has 0 spiro atoms. The molecular formula is C23H28N6O3. The van der Waals surface area contributed by atoms with E-state index < -0.39 is 6.09 Å². The molecule has 32 heavy (non-hydrogen) atoms. The third-order valence-electron chi connectivity index (χ3n) is 5.70. The van der Waals surface area contributed by atoms with Crippen molar-refractivity contribution in [3.63, 3.8) is 0 Å². The van der Waals surface area contributed by atoms with Gasteiger partial charge in [0, 0.05) is 47.8 Å². The average Bonchev–Trinajstić information content (AvgIpc) is 3.20. The Morgan fingerprint density at radius 2 is 1.81 bits per heavy atom. The number of nitrogens with one attached hydrogen (secondary N) is 3. The van der Waals surface area contributed by atoms with E-state index in [0.29, 0.717) is 18.4 Å². The Labute approximate surface area is 186 Å². The van der Waals surface area contributed by atoms with Gasteiger partial charge in [-0.1, -0.05) is 6.07 Å². The van der Waals surface area contributed by atoms with E-state index in [1.54, 1.807) is 23.1 Å². The number of aromatic nitrogens is 3. The molecule has 3 aromatic heterocycles. The maximum atomic E-state index is 13.2. The number of amides is 2. The van der Waals surface area contributed by atoms with Crippen LogP contribution in [0.3, 0.4) is 0 Å². The van der Waals surface area contributed by atoms with Crippen LogP contribution in [0.15, 0.2) is 43.0 Å². The molecule has 4 N–H and O–H groups in total. The number of fused-ring (bicyclic) bond motifs is 1. The van der Waals surface area contributed by atoms with Gasteiger partial charge < -0.3 is 21.1 Å². The Morgan fingerprint density at radius 3 is 2.44 bits per heavy atom. The van der Waals surface area contributed by atoms with Crippen LogP contribution >= 0.6 is 0 Å². The van der Waals surface area contributed by atoms with Crippen molar-refractivity contribution in [1.82, 2.24) is 25.2 Å². The van der Waals surface area contributed by atoms with Gasteiger partial charge in [-0.25, -0.2) is 9.31 Å². The van der Waals surface area contributed by atoms with Crippen molar-refractivity contribution in [3.05, 3.63) is 48.5 Å². The molecule has 1 saturated carbocycles. The molecule has 1 fully saturated rings. The average molecular weight is 437 g/mol. The fraction of sp³-hybridized carbons (Fsp3) is 0.391. The second kappa shape index (κ2) is 9.25. The molecule has 9 nitrogen and oxygen atoms in total. The maximum Gasteiger partial charge on any atom is 0.404 e. The Balaban J connectivity index is 1.57. The highest BCUT2D eigenvalue weighted by atomic mass is 16.4. The first-order valence-electron chi connectivity index (χ1n) is 10.9. The van der Waals surface area contributed by atoms with Crippen molar-refractivity contribution in [2.45, 2.75) is 57.7 Å². The predicted octanol–water partition coefficient (Wildman–Crippen LogP) is 3.53. The van der Waals surface area contributed by atoms with Crippen molar-refractivity contribution in [3.8, 4) is 11.1 Å². The van der Waals surface area contributed by atoms with Gasteiger partial charge in [0.15, 0.2) is 0 Å². The van der Waals surface area contributed by atoms with Crippen molar-refractivity contribution in [2.24, 2.45) is 0 Å². The highest BCUT2D eigenvalue weighted by Crippen LogP contribution is 2.29. The molecule has 0 saturated heterocycles. The molecule has 9 heteroatoms. The number of carbonyl (C=O) groups is 2. The van der Waals surface area contributed by atoms with E-state index in [9.17, 15) is 9.59 Å². The number of hydrogen-bond acceptors (Lipinski definition) is 5. The Kier molecular flexibility index (Phi) is 6.25. The molecule has 168 valence electrons. The topological polar surface area (TPSA) is 121 Å². The molecule has 3 heterocycles. The van der Waals surface area contributed by atoms with Gasteiger partial charge in [-0.15, -0.1) is 0 Å². The number of rotatable bonds is 6. The molecule has 1 aliphatic carbocycles. The highest BCUT2D eigenvalue weighted by Gasteiger charge is 2.25. The zero-order valence-corrected chi connectivity index (χ0v) is 18.2. The van der Waals surface area contributed by atoms with Gasteiger partial charge in [0.25, 0.3) is 5.91 Å². The Bertz CT molecular complexity index is 1100. The first-order chi connectivity index (χ1) is 15.4. The normalized spacial score (nSPS) is 18.5. The summed E-state index contributed by atoms with van der Waals surface area (Å²) in [6, 6.07) is 5.97. The van der Waals surface area contributed by atoms with Crippen LogP contribution in [0.25, 0.3) is 16.6 Å². The van der Waals surface area contributed by atoms with E-state index in [4.69, 9.17) is 5.11 Å². The minimum atomic E-state index is -1.00. The molecule has 1 aliphatic rings. The predicted molar refractivity (Wildman–Crippen MR) is 122 cm³/mol. The minimum Gasteiger partial charge on any atom is -0.465 e. The smallest absolute Gasteiger partial charge is 0.404 e. The number of carboxylic acid groups (broad SMARTS) is 1. The van der Waals surface area contributed by atoms with Gasteiger partial charge in [-0.2, -0.15) is 5.10 Å². The van der Waals surface area contributed by atoms with E-state index in [2.05, 4.69) is 26.0 Å². The second-order valence-electron chi connectivity index (χ2n) is 8.50. The summed E-state index contributed by atoms with van der Waals surface area (Å²) < 4.78 is 1.77. The van der Waals surface area contributed by atoms with Crippen LogP contribution in [-0.4, -0.2) is 49.8 Å². The van der Waals surface area contributed by atoms with Crippen molar-refractivity contribution in [1.29, 1.82) is 0 Å². The van der Waals surface area contributed by atoms with Gasteiger partial charge in [-0.3, -0.25) is 9.78 Å². The summed E-state index contributed by atoms with van der Waals surface area (Å²) in [5.74, 6) is -0.179. The van der Waals surface area contributed by atoms with Gasteiger partial charge in [0.2, 0.25) is 0 Å². The fourth-order valence-electron chi connectivity index (χ4n) is 4.18. The van der Waals surface area contributed by atoms with Crippen LogP contribution < -0.4 is 16.0 Å². The van der Waals surface area contributed by atoms with Gasteiger partial charge >= 0.3 is 6.09 Å². The fourth-order valence-corrected chi connectivity index (χ4v) is 4.18. The van der Waals surface area contributed by atoms with E-state index in [1.165, 1.54) is 0 Å². The molecule has 0 bridgehead atoms. The van der Waals surface area contributed by atoms with Crippen LogP contribution in [0.5, 0.6) is 0 Å². The number of nitrogens with zero attached hydrogens (tertiary/aromatic N) is 3. The summed E-state index contributed by atoms with van der Waals surface area (Å²) in [7, 11) is 0. The largest absolute Gasteiger partial charge is 0.465 e. The van der Waals surface area contributed by atoms with Crippen molar-refractivity contribution >= 4 is 23.2 Å². The summed E-state index contributed by atoms with van der Waals surface area (Å²) in [5, 5.41) is 22.4. The Morgan fingerprint density at radius 1 is 1.09 bits per heavy atom. The lowest BCUT2D eigenvalue weighted by atomic mass is 9.91. The third-order valence-corrected chi connectivity index (χ3v) is 5.70. The van der Waals surface area contributed by atoms with Crippen LogP contribution in [-0.2, 0) is 0 Å². The highest BCUT2D eigenvalue weighted by molar-refractivity contribution is 6.03. The van der Waals surface area contributed by atoms with Crippen LogP contribution in [0, 0.1) is 0 Å². The molecular weight excluding hydrogens is 408 g/mol. The second-order valence-corrected chi connectivity index (χ2v) is 8.50. The van der Waals surface area contributed by atoms with E-state index in [1.807, 2.05) is 38.2 Å². The van der Waals surface area contributed by atoms with Gasteiger partial charge in [0.05, 0.1) is 23.0 Å². The van der Waals surface area contributed by atoms with Crippen LogP contribution in [0.4, 0.5) is 10.5 Å². The summed E-state index contributed by atoms with van der Waals surface area (Å²) in [6.07, 6.45) is 8.93. The number of carbonyl (C=O) groups excluding carboxylic acids is 1. The summed E-state index contributed by atoms with van der Waals surface area (Å²) in [4.78, 5) is 28.2. The molecule has 2 amide bonds. The lowest BCUT2D eigenvalue weighted by molar-refractivity contribution is 0.0923. The van der Waals surface area contributed by atoms with E-state index >= 15 is 0 Å². The first kappa shape index (κ1) is 21.6. The molecule has 3 aromatic rings. The molecule has 0 unspecified atom stereocenters. The molecule has 0 aliphatic heterocycles. The SMILES string of the molecule is CC(C)Nc1c(C(=O)NC2CCC(NC(=O)O)CC2)cnn2cc(-c3cccnc3)cc12. The number of hydrogen-bond donors (Lipinski definition) is 4. The summed E-state index contributed by atoms with van der Waals surface area (Å²) in [6.45, 7) is 4.06. The zero-order chi connectivity index (χ0) is 22.7. The Hall–Kier alpha value is -3.62. The van der Waals surface area contributed by atoms with Crippen molar-refractivity contribution in [2.75, 3.05) is 5.32 Å². The first-order valence-corrected chi connectivity index (χ1v) is 10.9. The summed E-state index contributed by atoms with van der Waals surface area (Å²) in [5.41, 5.74) is 4.00. The van der Waals surface area contributed by atoms with Crippen molar-refractivity contribution < 1.29 is 14.7 Å². The molecule has 4 rings (SSSR count). The standard InChI is InChI=1S/C23H28N6O3/c1-14(2)26-21-19(22(30)27-17-5-7-18(8-6-17)28-23(31)32)12-25-29-13-16(10-20(21)29)15-4-3-9-24-11-15/h3-4,9-14,17-18,26,28H,5-8H2,1-2H3,(H,27,30)(H,31,32). The third kappa shape index (κ3) is 4.82. The zero-order valence-electron chi connectivity index (χ0n) is 18.2. The van der Waals surface area contributed by atoms with E-state index in [-0.39, 0.29) is 24.0 Å². The lowest BCUT2D eigenvalue weighted by Crippen LogP contribution is -2.43. The van der Waals surface area contributed by atoms with Gasteiger partial charge in [0.1, 0.15) is 0 Å². The molecule has 0 aromatic carbocycles. The minimum absolute atomic E-state index is 0.00945. The lowest BCUT2D eigenvalue weighted by Gasteiger charge is -2.29.